The highest BCUT2D eigenvalue weighted by atomic mass is 16.5. The normalized spacial score (nSPS) is 17.4. The SMILES string of the molecule is Cc1cccnc1C(=O)N(C)CCCC[C@H]1C(=O)N(C)CCCCCOc2ccccc2C(=O)N1C. The van der Waals surface area contributed by atoms with Crippen LogP contribution in [0.15, 0.2) is 42.6 Å². The number of aryl methyl sites for hydroxylation is 1. The van der Waals surface area contributed by atoms with Crippen LogP contribution < -0.4 is 4.74 Å². The molecule has 0 N–H and O–H groups in total. The molecule has 0 aliphatic carbocycles. The number of ether oxygens (including phenoxy) is 1. The number of nitrogens with zero attached hydrogens (tertiary/aromatic N) is 4. The molecule has 194 valence electrons. The molecule has 1 aromatic heterocycles. The minimum atomic E-state index is -0.588. The van der Waals surface area contributed by atoms with Crippen molar-refractivity contribution in [3.63, 3.8) is 0 Å². The van der Waals surface area contributed by atoms with E-state index in [1.165, 1.54) is 0 Å². The smallest absolute Gasteiger partial charge is 0.272 e. The zero-order valence-corrected chi connectivity index (χ0v) is 21.9. The molecular weight excluding hydrogens is 456 g/mol. The highest BCUT2D eigenvalue weighted by molar-refractivity contribution is 5.99. The fourth-order valence-electron chi connectivity index (χ4n) is 4.44. The molecular formula is C28H38N4O4. The van der Waals surface area contributed by atoms with Gasteiger partial charge in [0, 0.05) is 40.4 Å². The van der Waals surface area contributed by atoms with Gasteiger partial charge in [-0.05, 0) is 69.2 Å². The van der Waals surface area contributed by atoms with E-state index in [0.717, 1.165) is 24.8 Å². The van der Waals surface area contributed by atoms with Gasteiger partial charge in [0.15, 0.2) is 0 Å². The standard InChI is InChI=1S/C28H38N4O4/c1-21-13-12-17-29-25(21)28(35)31(3)19-10-8-15-23-27(34)30(2)18-9-5-11-20-36-24-16-7-6-14-22(24)26(33)32(23)4/h6-7,12-14,16-17,23H,5,8-11,15,18-20H2,1-4H3/t23-/m0/s1. The number of pyridine rings is 1. The van der Waals surface area contributed by atoms with Gasteiger partial charge in [-0.25, -0.2) is 0 Å². The minimum absolute atomic E-state index is 0.0583. The third kappa shape index (κ3) is 6.83. The summed E-state index contributed by atoms with van der Waals surface area (Å²) >= 11 is 0. The molecule has 1 aliphatic heterocycles. The van der Waals surface area contributed by atoms with Gasteiger partial charge in [-0.1, -0.05) is 18.2 Å². The summed E-state index contributed by atoms with van der Waals surface area (Å²) in [5.74, 6) is 0.152. The Labute approximate surface area is 214 Å². The molecule has 36 heavy (non-hydrogen) atoms. The average Bonchev–Trinajstić information content (AvgIpc) is 2.89. The van der Waals surface area contributed by atoms with Gasteiger partial charge in [-0.2, -0.15) is 0 Å². The first-order chi connectivity index (χ1) is 17.3. The van der Waals surface area contributed by atoms with Crippen LogP contribution in [0.5, 0.6) is 5.75 Å². The monoisotopic (exact) mass is 494 g/mol. The fourth-order valence-corrected chi connectivity index (χ4v) is 4.44. The molecule has 0 fully saturated rings. The van der Waals surface area contributed by atoms with E-state index in [9.17, 15) is 14.4 Å². The van der Waals surface area contributed by atoms with Crippen molar-refractivity contribution in [1.29, 1.82) is 0 Å². The van der Waals surface area contributed by atoms with Crippen molar-refractivity contribution < 1.29 is 19.1 Å². The second-order valence-electron chi connectivity index (χ2n) is 9.49. The molecule has 2 heterocycles. The maximum absolute atomic E-state index is 13.4. The lowest BCUT2D eigenvalue weighted by Gasteiger charge is -2.31. The number of carbonyl (C=O) groups excluding carboxylic acids is 3. The van der Waals surface area contributed by atoms with Crippen molar-refractivity contribution in [3.05, 3.63) is 59.4 Å². The van der Waals surface area contributed by atoms with Crippen molar-refractivity contribution in [1.82, 2.24) is 19.7 Å². The van der Waals surface area contributed by atoms with E-state index in [4.69, 9.17) is 4.74 Å². The summed E-state index contributed by atoms with van der Waals surface area (Å²) in [6.45, 7) is 3.60. The predicted molar refractivity (Wildman–Crippen MR) is 139 cm³/mol. The Bertz CT molecular complexity index is 1060. The molecule has 0 radical (unpaired) electrons. The van der Waals surface area contributed by atoms with E-state index in [1.807, 2.05) is 31.2 Å². The van der Waals surface area contributed by atoms with Gasteiger partial charge in [0.2, 0.25) is 5.91 Å². The molecule has 0 unspecified atom stereocenters. The topological polar surface area (TPSA) is 83.0 Å². The van der Waals surface area contributed by atoms with E-state index < -0.39 is 6.04 Å². The number of fused-ring (bicyclic) bond motifs is 1. The number of hydrogen-bond donors (Lipinski definition) is 0. The molecule has 2 aromatic rings. The van der Waals surface area contributed by atoms with Crippen LogP contribution >= 0.6 is 0 Å². The fraction of sp³-hybridized carbons (Fsp3) is 0.500. The Morgan fingerprint density at radius 3 is 2.64 bits per heavy atom. The Morgan fingerprint density at radius 1 is 1.08 bits per heavy atom. The number of benzene rings is 1. The van der Waals surface area contributed by atoms with Crippen molar-refractivity contribution in [2.24, 2.45) is 0 Å². The molecule has 3 amide bonds. The van der Waals surface area contributed by atoms with Gasteiger partial charge in [0.1, 0.15) is 17.5 Å². The molecule has 0 spiro atoms. The maximum atomic E-state index is 13.4. The predicted octanol–water partition coefficient (Wildman–Crippen LogP) is 3.79. The van der Waals surface area contributed by atoms with Crippen LogP contribution in [0.3, 0.4) is 0 Å². The van der Waals surface area contributed by atoms with Crippen LogP contribution in [-0.2, 0) is 4.79 Å². The van der Waals surface area contributed by atoms with Crippen molar-refractivity contribution in [2.45, 2.75) is 51.5 Å². The summed E-state index contributed by atoms with van der Waals surface area (Å²) in [6, 6.07) is 10.3. The van der Waals surface area contributed by atoms with E-state index >= 15 is 0 Å². The molecule has 1 aromatic carbocycles. The van der Waals surface area contributed by atoms with Gasteiger partial charge in [0.05, 0.1) is 12.2 Å². The van der Waals surface area contributed by atoms with Crippen LogP contribution in [0.25, 0.3) is 0 Å². The number of rotatable bonds is 6. The lowest BCUT2D eigenvalue weighted by molar-refractivity contribution is -0.134. The summed E-state index contributed by atoms with van der Waals surface area (Å²) in [6.07, 6.45) is 6.25. The molecule has 8 heteroatoms. The number of carbonyl (C=O) groups is 3. The summed E-state index contributed by atoms with van der Waals surface area (Å²) < 4.78 is 5.91. The summed E-state index contributed by atoms with van der Waals surface area (Å²) in [4.78, 5) is 48.7. The summed E-state index contributed by atoms with van der Waals surface area (Å²) in [5.41, 5.74) is 1.77. The lowest BCUT2D eigenvalue weighted by atomic mass is 10.0. The molecule has 3 rings (SSSR count). The van der Waals surface area contributed by atoms with Crippen LogP contribution in [-0.4, -0.2) is 84.3 Å². The second kappa shape index (κ2) is 13.0. The van der Waals surface area contributed by atoms with Crippen molar-refractivity contribution >= 4 is 17.7 Å². The third-order valence-corrected chi connectivity index (χ3v) is 6.74. The van der Waals surface area contributed by atoms with E-state index in [0.29, 0.717) is 56.0 Å². The van der Waals surface area contributed by atoms with Crippen LogP contribution in [0.1, 0.15) is 64.9 Å². The number of amides is 3. The van der Waals surface area contributed by atoms with Gasteiger partial charge >= 0.3 is 0 Å². The lowest BCUT2D eigenvalue weighted by Crippen LogP contribution is -2.48. The van der Waals surface area contributed by atoms with Crippen LogP contribution in [0, 0.1) is 6.92 Å². The van der Waals surface area contributed by atoms with Crippen LogP contribution in [0.2, 0.25) is 0 Å². The first-order valence-electron chi connectivity index (χ1n) is 12.7. The second-order valence-corrected chi connectivity index (χ2v) is 9.49. The van der Waals surface area contributed by atoms with Crippen LogP contribution in [0.4, 0.5) is 0 Å². The number of unbranched alkanes of at least 4 members (excludes halogenated alkanes) is 1. The average molecular weight is 495 g/mol. The first-order valence-corrected chi connectivity index (χ1v) is 12.7. The van der Waals surface area contributed by atoms with E-state index in [2.05, 4.69) is 4.98 Å². The Morgan fingerprint density at radius 2 is 1.86 bits per heavy atom. The van der Waals surface area contributed by atoms with Gasteiger partial charge in [-0.15, -0.1) is 0 Å². The van der Waals surface area contributed by atoms with Crippen molar-refractivity contribution in [3.8, 4) is 5.75 Å². The third-order valence-electron chi connectivity index (χ3n) is 6.74. The molecule has 0 saturated carbocycles. The van der Waals surface area contributed by atoms with Gasteiger partial charge < -0.3 is 19.4 Å². The zero-order chi connectivity index (χ0) is 26.1. The molecule has 1 aliphatic rings. The quantitative estimate of drug-likeness (QED) is 0.571. The number of aromatic nitrogens is 1. The zero-order valence-electron chi connectivity index (χ0n) is 21.9. The van der Waals surface area contributed by atoms with Gasteiger partial charge in [-0.3, -0.25) is 19.4 Å². The van der Waals surface area contributed by atoms with Gasteiger partial charge in [0.25, 0.3) is 11.8 Å². The Balaban J connectivity index is 1.69. The van der Waals surface area contributed by atoms with E-state index in [1.54, 1.807) is 54.2 Å². The minimum Gasteiger partial charge on any atom is -0.493 e. The largest absolute Gasteiger partial charge is 0.493 e. The highest BCUT2D eigenvalue weighted by Crippen LogP contribution is 2.23. The number of para-hydroxylation sites is 1. The highest BCUT2D eigenvalue weighted by Gasteiger charge is 2.31. The first kappa shape index (κ1) is 27.2. The summed E-state index contributed by atoms with van der Waals surface area (Å²) in [5, 5.41) is 0. The molecule has 8 nitrogen and oxygen atoms in total. The number of likely N-dealkylation sites (N-methyl/N-ethyl adjacent to an activating group) is 2. The van der Waals surface area contributed by atoms with E-state index in [-0.39, 0.29) is 17.7 Å². The number of hydrogen-bond acceptors (Lipinski definition) is 5. The Hall–Kier alpha value is -3.42. The Kier molecular flexibility index (Phi) is 9.85. The molecule has 1 atom stereocenters. The van der Waals surface area contributed by atoms with Crippen molar-refractivity contribution in [2.75, 3.05) is 40.8 Å². The maximum Gasteiger partial charge on any atom is 0.272 e. The molecule has 0 bridgehead atoms. The molecule has 0 saturated heterocycles. The summed E-state index contributed by atoms with van der Waals surface area (Å²) in [7, 11) is 5.26.